The Morgan fingerprint density at radius 1 is 0.933 bits per heavy atom. The maximum atomic E-state index is 11.3. The molecule has 0 radical (unpaired) electrons. The summed E-state index contributed by atoms with van der Waals surface area (Å²) in [7, 11) is 0. The number of imidazole rings is 2. The second-order valence-electron chi connectivity index (χ2n) is 7.63. The van der Waals surface area contributed by atoms with Crippen LogP contribution in [0.3, 0.4) is 0 Å². The van der Waals surface area contributed by atoms with E-state index in [1.165, 1.54) is 0 Å². The molecule has 8 nitrogen and oxygen atoms in total. The van der Waals surface area contributed by atoms with E-state index in [1.807, 2.05) is 47.3 Å². The molecule has 2 aromatic heterocycles. The number of hydrogen-bond acceptors (Lipinski definition) is 4. The van der Waals surface area contributed by atoms with Crippen LogP contribution < -0.4 is 0 Å². The lowest BCUT2D eigenvalue weighted by molar-refractivity contribution is -0.137. The second-order valence-corrected chi connectivity index (χ2v) is 7.63. The molecule has 1 aliphatic carbocycles. The molecule has 1 aromatic carbocycles. The molecular weight excluding hydrogens is 384 g/mol. The van der Waals surface area contributed by atoms with Crippen LogP contribution in [-0.2, 0) is 22.4 Å². The average molecular weight is 408 g/mol. The third-order valence-electron chi connectivity index (χ3n) is 5.42. The Bertz CT molecular complexity index is 1050. The number of nitrogens with zero attached hydrogens (tertiary/aromatic N) is 4. The lowest BCUT2D eigenvalue weighted by atomic mass is 10.2. The van der Waals surface area contributed by atoms with Gasteiger partial charge in [0.25, 0.3) is 0 Å². The first-order valence-corrected chi connectivity index (χ1v) is 10.2. The van der Waals surface area contributed by atoms with E-state index in [0.29, 0.717) is 29.5 Å². The quantitative estimate of drug-likeness (QED) is 0.590. The molecule has 1 aliphatic rings. The van der Waals surface area contributed by atoms with Crippen molar-refractivity contribution < 1.29 is 19.8 Å². The van der Waals surface area contributed by atoms with Crippen molar-refractivity contribution >= 4 is 11.9 Å². The largest absolute Gasteiger partial charge is 0.481 e. The standard InChI is InChI=1S/C22H24N4O4/c27-19(28)11-10-15-13-25(17-6-2-1-3-7-17)21(23-15)22-24-16(12-20(29)30)14-26(22)18-8-4-5-9-18/h1-3,6-7,13-14,18H,4-5,8-12H2,(H,27,28)(H,29,30). The molecule has 30 heavy (non-hydrogen) atoms. The predicted octanol–water partition coefficient (Wildman–Crippen LogP) is 3.50. The van der Waals surface area contributed by atoms with Gasteiger partial charge < -0.3 is 14.8 Å². The highest BCUT2D eigenvalue weighted by atomic mass is 16.4. The number of carboxylic acids is 2. The van der Waals surface area contributed by atoms with Gasteiger partial charge in [-0.05, 0) is 25.0 Å². The summed E-state index contributed by atoms with van der Waals surface area (Å²) in [4.78, 5) is 31.7. The summed E-state index contributed by atoms with van der Waals surface area (Å²) < 4.78 is 3.98. The zero-order chi connectivity index (χ0) is 21.1. The zero-order valence-electron chi connectivity index (χ0n) is 16.6. The third-order valence-corrected chi connectivity index (χ3v) is 5.42. The van der Waals surface area contributed by atoms with E-state index in [0.717, 1.165) is 31.4 Å². The minimum absolute atomic E-state index is 0.00737. The minimum atomic E-state index is -0.925. The summed E-state index contributed by atoms with van der Waals surface area (Å²) in [6.07, 6.45) is 8.15. The van der Waals surface area contributed by atoms with E-state index in [4.69, 9.17) is 10.1 Å². The van der Waals surface area contributed by atoms with Crippen molar-refractivity contribution in [2.75, 3.05) is 0 Å². The fraction of sp³-hybridized carbons (Fsp3) is 0.364. The normalized spacial score (nSPS) is 14.3. The Morgan fingerprint density at radius 3 is 2.30 bits per heavy atom. The SMILES string of the molecule is O=C(O)CCc1cn(-c2ccccc2)c(-c2nc(CC(=O)O)cn2C2CCCC2)n1. The van der Waals surface area contributed by atoms with Crippen molar-refractivity contribution in [2.45, 2.75) is 51.0 Å². The summed E-state index contributed by atoms with van der Waals surface area (Å²) in [6, 6.07) is 9.94. The molecule has 0 bridgehead atoms. The van der Waals surface area contributed by atoms with Crippen molar-refractivity contribution in [3.05, 3.63) is 54.1 Å². The van der Waals surface area contributed by atoms with Crippen LogP contribution in [-0.4, -0.2) is 41.3 Å². The molecule has 0 aliphatic heterocycles. The average Bonchev–Trinajstić information content (AvgIpc) is 3.45. The highest BCUT2D eigenvalue weighted by Crippen LogP contribution is 2.34. The highest BCUT2D eigenvalue weighted by Gasteiger charge is 2.25. The van der Waals surface area contributed by atoms with Gasteiger partial charge in [-0.15, -0.1) is 0 Å². The van der Waals surface area contributed by atoms with Crippen LogP contribution in [0.25, 0.3) is 17.3 Å². The number of carbonyl (C=O) groups is 2. The molecule has 8 heteroatoms. The number of aromatic nitrogens is 4. The van der Waals surface area contributed by atoms with Crippen molar-refractivity contribution in [2.24, 2.45) is 0 Å². The number of benzene rings is 1. The van der Waals surface area contributed by atoms with E-state index in [9.17, 15) is 14.7 Å². The minimum Gasteiger partial charge on any atom is -0.481 e. The van der Waals surface area contributed by atoms with Crippen LogP contribution in [0.4, 0.5) is 0 Å². The summed E-state index contributed by atoms with van der Waals surface area (Å²) in [5.74, 6) is -0.568. The Balaban J connectivity index is 1.82. The van der Waals surface area contributed by atoms with Crippen LogP contribution in [0.1, 0.15) is 49.5 Å². The molecule has 1 fully saturated rings. The molecular formula is C22H24N4O4. The molecule has 2 N–H and O–H groups in total. The van der Waals surface area contributed by atoms with E-state index in [-0.39, 0.29) is 18.9 Å². The van der Waals surface area contributed by atoms with Gasteiger partial charge in [-0.3, -0.25) is 14.2 Å². The van der Waals surface area contributed by atoms with Gasteiger partial charge in [-0.2, -0.15) is 0 Å². The topological polar surface area (TPSA) is 110 Å². The van der Waals surface area contributed by atoms with Crippen molar-refractivity contribution in [1.29, 1.82) is 0 Å². The van der Waals surface area contributed by atoms with Crippen LogP contribution in [0.15, 0.2) is 42.7 Å². The van der Waals surface area contributed by atoms with Crippen molar-refractivity contribution in [1.82, 2.24) is 19.1 Å². The molecule has 0 amide bonds. The number of aryl methyl sites for hydroxylation is 1. The fourth-order valence-electron chi connectivity index (χ4n) is 4.04. The first-order valence-electron chi connectivity index (χ1n) is 10.2. The van der Waals surface area contributed by atoms with Gasteiger partial charge in [-0.1, -0.05) is 31.0 Å². The predicted molar refractivity (Wildman–Crippen MR) is 110 cm³/mol. The van der Waals surface area contributed by atoms with E-state index in [1.54, 1.807) is 0 Å². The lowest BCUT2D eigenvalue weighted by Gasteiger charge is -2.15. The Hall–Kier alpha value is -3.42. The van der Waals surface area contributed by atoms with Crippen molar-refractivity contribution in [3.8, 4) is 17.3 Å². The molecule has 0 saturated heterocycles. The highest BCUT2D eigenvalue weighted by molar-refractivity contribution is 5.70. The monoisotopic (exact) mass is 408 g/mol. The summed E-state index contributed by atoms with van der Waals surface area (Å²) >= 11 is 0. The van der Waals surface area contributed by atoms with Gasteiger partial charge in [0.05, 0.1) is 24.2 Å². The first-order chi connectivity index (χ1) is 14.5. The molecule has 4 rings (SSSR count). The molecule has 1 saturated carbocycles. The third kappa shape index (κ3) is 4.27. The van der Waals surface area contributed by atoms with Crippen LogP contribution in [0.2, 0.25) is 0 Å². The maximum Gasteiger partial charge on any atom is 0.309 e. The smallest absolute Gasteiger partial charge is 0.309 e. The molecule has 156 valence electrons. The second kappa shape index (κ2) is 8.52. The zero-order valence-corrected chi connectivity index (χ0v) is 16.6. The Labute approximate surface area is 173 Å². The van der Waals surface area contributed by atoms with E-state index in [2.05, 4.69) is 9.55 Å². The Morgan fingerprint density at radius 2 is 1.63 bits per heavy atom. The van der Waals surface area contributed by atoms with Gasteiger partial charge in [-0.25, -0.2) is 9.97 Å². The molecule has 0 unspecified atom stereocenters. The summed E-state index contributed by atoms with van der Waals surface area (Å²) in [6.45, 7) is 0. The Kier molecular flexibility index (Phi) is 5.65. The molecule has 0 atom stereocenters. The van der Waals surface area contributed by atoms with Crippen molar-refractivity contribution in [3.63, 3.8) is 0 Å². The van der Waals surface area contributed by atoms with Gasteiger partial charge >= 0.3 is 11.9 Å². The number of para-hydroxylation sites is 1. The number of rotatable bonds is 8. The first kappa shape index (κ1) is 19.9. The van der Waals surface area contributed by atoms with Crippen LogP contribution in [0, 0.1) is 0 Å². The van der Waals surface area contributed by atoms with E-state index >= 15 is 0 Å². The van der Waals surface area contributed by atoms with Crippen LogP contribution in [0.5, 0.6) is 0 Å². The number of carboxylic acid groups (broad SMARTS) is 2. The molecule has 3 aromatic rings. The number of hydrogen-bond donors (Lipinski definition) is 2. The molecule has 0 spiro atoms. The van der Waals surface area contributed by atoms with Crippen LogP contribution >= 0.6 is 0 Å². The van der Waals surface area contributed by atoms with Gasteiger partial charge in [0, 0.05) is 30.5 Å². The number of aliphatic carboxylic acids is 2. The summed E-state index contributed by atoms with van der Waals surface area (Å²) in [5, 5.41) is 18.3. The maximum absolute atomic E-state index is 11.3. The summed E-state index contributed by atoms with van der Waals surface area (Å²) in [5.41, 5.74) is 2.05. The molecule has 2 heterocycles. The lowest BCUT2D eigenvalue weighted by Crippen LogP contribution is -2.08. The van der Waals surface area contributed by atoms with Gasteiger partial charge in [0.2, 0.25) is 0 Å². The van der Waals surface area contributed by atoms with E-state index < -0.39 is 11.9 Å². The van der Waals surface area contributed by atoms with Gasteiger partial charge in [0.1, 0.15) is 0 Å². The van der Waals surface area contributed by atoms with Gasteiger partial charge in [0.15, 0.2) is 11.6 Å². The fourth-order valence-corrected chi connectivity index (χ4v) is 4.04.